The van der Waals surface area contributed by atoms with Crippen LogP contribution in [0.4, 0.5) is 0 Å². The molecule has 1 fully saturated rings. The summed E-state index contributed by atoms with van der Waals surface area (Å²) in [7, 11) is 1.84. The normalized spacial score (nSPS) is 17.9. The number of imide groups is 1. The number of amides is 3. The summed E-state index contributed by atoms with van der Waals surface area (Å²) < 4.78 is 0.773. The molecule has 3 amide bonds. The number of hydrogen-bond acceptors (Lipinski definition) is 3. The number of carbonyl (C=O) groups excluding carboxylic acids is 3. The van der Waals surface area contributed by atoms with Crippen molar-refractivity contribution in [3.05, 3.63) is 33.8 Å². The number of benzene rings is 1. The van der Waals surface area contributed by atoms with Crippen molar-refractivity contribution in [3.8, 4) is 0 Å². The van der Waals surface area contributed by atoms with Gasteiger partial charge in [0.05, 0.1) is 11.1 Å². The van der Waals surface area contributed by atoms with Gasteiger partial charge in [-0.05, 0) is 50.3 Å². The minimum Gasteiger partial charge on any atom is -0.343 e. The summed E-state index contributed by atoms with van der Waals surface area (Å²) in [6.07, 6.45) is 3.24. The van der Waals surface area contributed by atoms with E-state index in [9.17, 15) is 14.4 Å². The van der Waals surface area contributed by atoms with Crippen LogP contribution in [0.3, 0.4) is 0 Å². The summed E-state index contributed by atoms with van der Waals surface area (Å²) in [6, 6.07) is 5.36. The summed E-state index contributed by atoms with van der Waals surface area (Å²) in [5.74, 6) is 0.167. The number of hydrogen-bond donors (Lipinski definition) is 0. The smallest absolute Gasteiger partial charge is 0.261 e. The first-order valence-corrected chi connectivity index (χ1v) is 9.11. The Morgan fingerprint density at radius 3 is 2.62 bits per heavy atom. The van der Waals surface area contributed by atoms with Gasteiger partial charge in [-0.15, -0.1) is 0 Å². The lowest BCUT2D eigenvalue weighted by molar-refractivity contribution is -0.132. The highest BCUT2D eigenvalue weighted by Gasteiger charge is 2.35. The average molecular weight is 393 g/mol. The van der Waals surface area contributed by atoms with Gasteiger partial charge in [-0.25, -0.2) is 0 Å². The molecule has 0 saturated heterocycles. The molecule has 3 rings (SSSR count). The quantitative estimate of drug-likeness (QED) is 0.698. The minimum atomic E-state index is -0.275. The molecule has 0 N–H and O–H groups in total. The van der Waals surface area contributed by atoms with Crippen molar-refractivity contribution in [1.29, 1.82) is 0 Å². The van der Waals surface area contributed by atoms with E-state index >= 15 is 0 Å². The molecule has 2 aliphatic rings. The van der Waals surface area contributed by atoms with Crippen molar-refractivity contribution < 1.29 is 14.4 Å². The standard InChI is InChI=1S/C18H21BrN2O3/c1-11(12-5-6-12)20(2)16(22)4-3-9-21-17(23)14-8-7-13(19)10-15(14)18(21)24/h7-8,10-12H,3-6,9H2,1-2H3. The van der Waals surface area contributed by atoms with Crippen molar-refractivity contribution >= 4 is 33.7 Å². The minimum absolute atomic E-state index is 0.0775. The lowest BCUT2D eigenvalue weighted by Crippen LogP contribution is -2.37. The van der Waals surface area contributed by atoms with Gasteiger partial charge in [0.25, 0.3) is 11.8 Å². The van der Waals surface area contributed by atoms with Crippen LogP contribution in [0.1, 0.15) is 53.3 Å². The monoisotopic (exact) mass is 392 g/mol. The molecule has 0 spiro atoms. The predicted octanol–water partition coefficient (Wildman–Crippen LogP) is 3.08. The highest BCUT2D eigenvalue weighted by Crippen LogP contribution is 2.35. The highest BCUT2D eigenvalue weighted by atomic mass is 79.9. The van der Waals surface area contributed by atoms with Gasteiger partial charge in [-0.3, -0.25) is 19.3 Å². The summed E-state index contributed by atoms with van der Waals surface area (Å²) >= 11 is 3.32. The van der Waals surface area contributed by atoms with Gasteiger partial charge >= 0.3 is 0 Å². The van der Waals surface area contributed by atoms with Crippen LogP contribution in [0, 0.1) is 5.92 Å². The van der Waals surface area contributed by atoms with Gasteiger partial charge in [0.15, 0.2) is 0 Å². The molecule has 1 heterocycles. The first-order valence-electron chi connectivity index (χ1n) is 8.31. The molecule has 0 bridgehead atoms. The second-order valence-electron chi connectivity index (χ2n) is 6.64. The van der Waals surface area contributed by atoms with Crippen molar-refractivity contribution in [2.24, 2.45) is 5.92 Å². The Bertz CT molecular complexity index is 700. The summed E-state index contributed by atoms with van der Waals surface area (Å²) in [4.78, 5) is 40.0. The van der Waals surface area contributed by atoms with Crippen LogP contribution in [0.2, 0.25) is 0 Å². The largest absolute Gasteiger partial charge is 0.343 e. The number of halogens is 1. The van der Waals surface area contributed by atoms with Crippen LogP contribution in [-0.4, -0.2) is 47.2 Å². The number of nitrogens with zero attached hydrogens (tertiary/aromatic N) is 2. The second kappa shape index (κ2) is 6.67. The maximum atomic E-state index is 12.4. The Kier molecular flexibility index (Phi) is 4.76. The van der Waals surface area contributed by atoms with Gasteiger partial charge in [0.2, 0.25) is 5.91 Å². The Morgan fingerprint density at radius 1 is 1.29 bits per heavy atom. The zero-order valence-electron chi connectivity index (χ0n) is 13.9. The summed E-state index contributed by atoms with van der Waals surface area (Å²) in [6.45, 7) is 2.36. The van der Waals surface area contributed by atoms with Gasteiger partial charge in [-0.2, -0.15) is 0 Å². The van der Waals surface area contributed by atoms with Crippen molar-refractivity contribution in [3.63, 3.8) is 0 Å². The third kappa shape index (κ3) is 3.24. The van der Waals surface area contributed by atoms with E-state index in [2.05, 4.69) is 22.9 Å². The predicted molar refractivity (Wildman–Crippen MR) is 93.7 cm³/mol. The Morgan fingerprint density at radius 2 is 1.96 bits per heavy atom. The van der Waals surface area contributed by atoms with E-state index in [1.807, 2.05) is 7.05 Å². The summed E-state index contributed by atoms with van der Waals surface area (Å²) in [5, 5.41) is 0. The van der Waals surface area contributed by atoms with Crippen LogP contribution in [0.25, 0.3) is 0 Å². The molecule has 6 heteroatoms. The molecule has 1 aliphatic heterocycles. The lowest BCUT2D eigenvalue weighted by Gasteiger charge is -2.25. The topological polar surface area (TPSA) is 57.7 Å². The Labute approximate surface area is 150 Å². The first kappa shape index (κ1) is 17.1. The molecule has 5 nitrogen and oxygen atoms in total. The Hall–Kier alpha value is -1.69. The van der Waals surface area contributed by atoms with Gasteiger partial charge in [0.1, 0.15) is 0 Å². The van der Waals surface area contributed by atoms with E-state index in [4.69, 9.17) is 0 Å². The molecule has 1 saturated carbocycles. The first-order chi connectivity index (χ1) is 11.4. The molecule has 128 valence electrons. The maximum absolute atomic E-state index is 12.4. The maximum Gasteiger partial charge on any atom is 0.261 e. The second-order valence-corrected chi connectivity index (χ2v) is 7.55. The van der Waals surface area contributed by atoms with E-state index < -0.39 is 0 Å². The fourth-order valence-corrected chi connectivity index (χ4v) is 3.51. The number of carbonyl (C=O) groups is 3. The van der Waals surface area contributed by atoms with Crippen molar-refractivity contribution in [2.45, 2.75) is 38.6 Å². The molecule has 1 aliphatic carbocycles. The van der Waals surface area contributed by atoms with Crippen LogP contribution in [0.5, 0.6) is 0 Å². The highest BCUT2D eigenvalue weighted by molar-refractivity contribution is 9.10. The Balaban J connectivity index is 1.55. The molecule has 1 aromatic carbocycles. The third-order valence-corrected chi connectivity index (χ3v) is 5.51. The molecule has 24 heavy (non-hydrogen) atoms. The SMILES string of the molecule is CC(C1CC1)N(C)C(=O)CCCN1C(=O)c2ccc(Br)cc2C1=O. The van der Waals surface area contributed by atoms with Crippen LogP contribution in [0.15, 0.2) is 22.7 Å². The van der Waals surface area contributed by atoms with Gasteiger partial charge < -0.3 is 4.90 Å². The van der Waals surface area contributed by atoms with E-state index in [-0.39, 0.29) is 30.3 Å². The van der Waals surface area contributed by atoms with Crippen LogP contribution < -0.4 is 0 Å². The number of fused-ring (bicyclic) bond motifs is 1. The third-order valence-electron chi connectivity index (χ3n) is 5.01. The van der Waals surface area contributed by atoms with Crippen LogP contribution in [-0.2, 0) is 4.79 Å². The zero-order valence-corrected chi connectivity index (χ0v) is 15.5. The molecular weight excluding hydrogens is 372 g/mol. The van der Waals surface area contributed by atoms with Gasteiger partial charge in [-0.1, -0.05) is 15.9 Å². The van der Waals surface area contributed by atoms with Crippen molar-refractivity contribution in [2.75, 3.05) is 13.6 Å². The summed E-state index contributed by atoms with van der Waals surface area (Å²) in [5.41, 5.74) is 0.870. The molecule has 1 atom stereocenters. The molecule has 1 aromatic rings. The average Bonchev–Trinajstić information content (AvgIpc) is 3.37. The number of rotatable bonds is 6. The zero-order chi connectivity index (χ0) is 17.4. The fourth-order valence-electron chi connectivity index (χ4n) is 3.15. The molecular formula is C18H21BrN2O3. The van der Waals surface area contributed by atoms with E-state index in [0.29, 0.717) is 29.9 Å². The van der Waals surface area contributed by atoms with Crippen molar-refractivity contribution in [1.82, 2.24) is 9.80 Å². The fraction of sp³-hybridized carbons (Fsp3) is 0.500. The lowest BCUT2D eigenvalue weighted by atomic mass is 10.1. The van der Waals surface area contributed by atoms with E-state index in [1.54, 1.807) is 23.1 Å². The van der Waals surface area contributed by atoms with E-state index in [1.165, 1.54) is 17.7 Å². The molecule has 0 aromatic heterocycles. The van der Waals surface area contributed by atoms with Crippen LogP contribution >= 0.6 is 15.9 Å². The van der Waals surface area contributed by atoms with E-state index in [0.717, 1.165) is 4.47 Å². The molecule has 1 unspecified atom stereocenters. The van der Waals surface area contributed by atoms with Gasteiger partial charge in [0, 0.05) is 30.5 Å². The molecule has 0 radical (unpaired) electrons.